The third-order valence-corrected chi connectivity index (χ3v) is 4.81. The summed E-state index contributed by atoms with van der Waals surface area (Å²) >= 11 is 1.55. The minimum absolute atomic E-state index is 0.00170. The number of hydrogen-bond acceptors (Lipinski definition) is 4. The van der Waals surface area contributed by atoms with E-state index in [9.17, 15) is 9.18 Å². The van der Waals surface area contributed by atoms with E-state index in [0.29, 0.717) is 24.3 Å². The molecule has 1 heterocycles. The van der Waals surface area contributed by atoms with Gasteiger partial charge in [-0.3, -0.25) is 9.36 Å². The van der Waals surface area contributed by atoms with Crippen LogP contribution in [0.1, 0.15) is 13.3 Å². The van der Waals surface area contributed by atoms with Gasteiger partial charge in [-0.25, -0.2) is 9.37 Å². The molecule has 130 valence electrons. The normalized spacial score (nSPS) is 11.0. The number of hydrogen-bond donors (Lipinski definition) is 0. The third kappa shape index (κ3) is 4.20. The van der Waals surface area contributed by atoms with Crippen molar-refractivity contribution in [1.82, 2.24) is 9.55 Å². The molecule has 0 unspecified atom stereocenters. The molecular formula is C19H19FN2O2S. The van der Waals surface area contributed by atoms with Gasteiger partial charge in [-0.2, -0.15) is 0 Å². The lowest BCUT2D eigenvalue weighted by Crippen LogP contribution is -2.22. The van der Waals surface area contributed by atoms with Gasteiger partial charge in [-0.1, -0.05) is 23.9 Å². The molecule has 25 heavy (non-hydrogen) atoms. The van der Waals surface area contributed by atoms with E-state index in [2.05, 4.69) is 4.98 Å². The molecule has 0 radical (unpaired) electrons. The van der Waals surface area contributed by atoms with Gasteiger partial charge in [0.15, 0.2) is 5.16 Å². The van der Waals surface area contributed by atoms with Gasteiger partial charge in [0.2, 0.25) is 0 Å². The summed E-state index contributed by atoms with van der Waals surface area (Å²) in [6, 6.07) is 13.4. The predicted octanol–water partition coefficient (Wildman–Crippen LogP) is 4.12. The van der Waals surface area contributed by atoms with E-state index in [1.54, 1.807) is 28.5 Å². The summed E-state index contributed by atoms with van der Waals surface area (Å²) in [7, 11) is 0. The number of halogens is 1. The summed E-state index contributed by atoms with van der Waals surface area (Å²) < 4.78 is 20.1. The second-order valence-electron chi connectivity index (χ2n) is 5.47. The van der Waals surface area contributed by atoms with Crippen LogP contribution in [0.2, 0.25) is 0 Å². The zero-order valence-electron chi connectivity index (χ0n) is 13.9. The van der Waals surface area contributed by atoms with Crippen LogP contribution in [0.5, 0.6) is 5.75 Å². The van der Waals surface area contributed by atoms with Crippen LogP contribution in [0.25, 0.3) is 10.9 Å². The van der Waals surface area contributed by atoms with Crippen LogP contribution in [-0.2, 0) is 6.54 Å². The standard InChI is InChI=1S/C19H19FN2O2S/c1-2-22-18(23)16-6-3-4-7-17(16)21-19(22)25-13-5-12-24-15-10-8-14(20)9-11-15/h3-4,6-11H,2,5,12-13H2,1H3. The number of thioether (sulfide) groups is 1. The highest BCUT2D eigenvalue weighted by molar-refractivity contribution is 7.99. The Hall–Kier alpha value is -2.34. The van der Waals surface area contributed by atoms with Crippen LogP contribution < -0.4 is 10.3 Å². The lowest BCUT2D eigenvalue weighted by atomic mass is 10.2. The Kier molecular flexibility index (Phi) is 5.71. The molecule has 1 aromatic heterocycles. The fraction of sp³-hybridized carbons (Fsp3) is 0.263. The highest BCUT2D eigenvalue weighted by Gasteiger charge is 2.09. The summed E-state index contributed by atoms with van der Waals surface area (Å²) in [4.78, 5) is 17.2. The maximum absolute atomic E-state index is 12.8. The van der Waals surface area contributed by atoms with Gasteiger partial charge in [0.1, 0.15) is 11.6 Å². The Morgan fingerprint density at radius 2 is 1.92 bits per heavy atom. The van der Waals surface area contributed by atoms with Gasteiger partial charge in [-0.05, 0) is 49.7 Å². The second-order valence-corrected chi connectivity index (χ2v) is 6.53. The molecule has 0 bridgehead atoms. The Bertz CT molecular complexity index is 909. The van der Waals surface area contributed by atoms with Gasteiger partial charge in [-0.15, -0.1) is 0 Å². The van der Waals surface area contributed by atoms with Crippen molar-refractivity contribution in [2.75, 3.05) is 12.4 Å². The molecule has 0 aliphatic heterocycles. The van der Waals surface area contributed by atoms with Crippen molar-refractivity contribution >= 4 is 22.7 Å². The summed E-state index contributed by atoms with van der Waals surface area (Å²) in [6.45, 7) is 3.06. The van der Waals surface area contributed by atoms with Crippen LogP contribution in [-0.4, -0.2) is 21.9 Å². The molecule has 0 aliphatic rings. The highest BCUT2D eigenvalue weighted by atomic mass is 32.2. The van der Waals surface area contributed by atoms with Gasteiger partial charge in [0, 0.05) is 12.3 Å². The third-order valence-electron chi connectivity index (χ3n) is 3.75. The topological polar surface area (TPSA) is 44.1 Å². The van der Waals surface area contributed by atoms with Crippen LogP contribution >= 0.6 is 11.8 Å². The molecule has 0 spiro atoms. The van der Waals surface area contributed by atoms with Gasteiger partial charge < -0.3 is 4.74 Å². The number of rotatable bonds is 7. The largest absolute Gasteiger partial charge is 0.494 e. The number of ether oxygens (including phenoxy) is 1. The SMILES string of the molecule is CCn1c(SCCCOc2ccc(F)cc2)nc2ccccc2c1=O. The average molecular weight is 358 g/mol. The Morgan fingerprint density at radius 1 is 1.16 bits per heavy atom. The van der Waals surface area contributed by atoms with Crippen molar-refractivity contribution in [1.29, 1.82) is 0 Å². The number of fused-ring (bicyclic) bond motifs is 1. The lowest BCUT2D eigenvalue weighted by molar-refractivity contribution is 0.318. The van der Waals surface area contributed by atoms with Crippen LogP contribution in [0.15, 0.2) is 58.5 Å². The van der Waals surface area contributed by atoms with E-state index in [1.165, 1.54) is 12.1 Å². The molecule has 0 fully saturated rings. The molecule has 0 N–H and O–H groups in total. The molecule has 3 aromatic rings. The molecule has 0 atom stereocenters. The van der Waals surface area contributed by atoms with Gasteiger partial charge in [0.05, 0.1) is 17.5 Å². The zero-order valence-corrected chi connectivity index (χ0v) is 14.8. The maximum Gasteiger partial charge on any atom is 0.262 e. The molecule has 0 aliphatic carbocycles. The van der Waals surface area contributed by atoms with E-state index in [0.717, 1.165) is 22.8 Å². The maximum atomic E-state index is 12.8. The van der Waals surface area contributed by atoms with Crippen LogP contribution in [0.4, 0.5) is 4.39 Å². The number of benzene rings is 2. The van der Waals surface area contributed by atoms with E-state index < -0.39 is 0 Å². The van der Waals surface area contributed by atoms with Crippen molar-refractivity contribution in [3.05, 3.63) is 64.7 Å². The first kappa shape index (κ1) is 17.5. The monoisotopic (exact) mass is 358 g/mol. The molecular weight excluding hydrogens is 339 g/mol. The predicted molar refractivity (Wildman–Crippen MR) is 98.9 cm³/mol. The van der Waals surface area contributed by atoms with Gasteiger partial charge >= 0.3 is 0 Å². The molecule has 2 aromatic carbocycles. The Balaban J connectivity index is 1.61. The van der Waals surface area contributed by atoms with Crippen LogP contribution in [0, 0.1) is 5.82 Å². The molecule has 6 heteroatoms. The fourth-order valence-electron chi connectivity index (χ4n) is 2.48. The van der Waals surface area contributed by atoms with Crippen molar-refractivity contribution in [2.24, 2.45) is 0 Å². The summed E-state index contributed by atoms with van der Waals surface area (Å²) in [5, 5.41) is 1.38. The highest BCUT2D eigenvalue weighted by Crippen LogP contribution is 2.19. The van der Waals surface area contributed by atoms with Crippen molar-refractivity contribution < 1.29 is 9.13 Å². The van der Waals surface area contributed by atoms with Crippen molar-refractivity contribution in [3.8, 4) is 5.75 Å². The smallest absolute Gasteiger partial charge is 0.262 e. The van der Waals surface area contributed by atoms with E-state index in [4.69, 9.17) is 4.74 Å². The van der Waals surface area contributed by atoms with Crippen LogP contribution in [0.3, 0.4) is 0 Å². The summed E-state index contributed by atoms with van der Waals surface area (Å²) in [5.74, 6) is 1.16. The average Bonchev–Trinajstić information content (AvgIpc) is 2.63. The van der Waals surface area contributed by atoms with E-state index >= 15 is 0 Å². The number of para-hydroxylation sites is 1. The minimum atomic E-state index is -0.275. The Labute approximate surface area is 149 Å². The first-order chi connectivity index (χ1) is 12.2. The minimum Gasteiger partial charge on any atom is -0.494 e. The van der Waals surface area contributed by atoms with Gasteiger partial charge in [0.25, 0.3) is 5.56 Å². The lowest BCUT2D eigenvalue weighted by Gasteiger charge is -2.11. The Morgan fingerprint density at radius 3 is 2.68 bits per heavy atom. The molecule has 0 saturated heterocycles. The van der Waals surface area contributed by atoms with E-state index in [-0.39, 0.29) is 11.4 Å². The fourth-order valence-corrected chi connectivity index (χ4v) is 3.46. The first-order valence-electron chi connectivity index (χ1n) is 8.20. The van der Waals surface area contributed by atoms with Crippen molar-refractivity contribution in [2.45, 2.75) is 25.0 Å². The zero-order chi connectivity index (χ0) is 17.6. The first-order valence-corrected chi connectivity index (χ1v) is 9.18. The quantitative estimate of drug-likeness (QED) is 0.362. The number of aromatic nitrogens is 2. The molecule has 0 amide bonds. The van der Waals surface area contributed by atoms with Crippen molar-refractivity contribution in [3.63, 3.8) is 0 Å². The summed E-state index contributed by atoms with van der Waals surface area (Å²) in [5.41, 5.74) is 0.723. The molecule has 0 saturated carbocycles. The summed E-state index contributed by atoms with van der Waals surface area (Å²) in [6.07, 6.45) is 0.800. The second kappa shape index (κ2) is 8.16. The number of nitrogens with zero attached hydrogens (tertiary/aromatic N) is 2. The van der Waals surface area contributed by atoms with E-state index in [1.807, 2.05) is 31.2 Å². The molecule has 3 rings (SSSR count). The molecule has 4 nitrogen and oxygen atoms in total.